The molecule has 0 saturated carbocycles. The van der Waals surface area contributed by atoms with Crippen molar-refractivity contribution in [3.05, 3.63) is 76.9 Å². The van der Waals surface area contributed by atoms with Gasteiger partial charge in [-0.05, 0) is 74.6 Å². The Morgan fingerprint density at radius 2 is 2.10 bits per heavy atom. The van der Waals surface area contributed by atoms with Gasteiger partial charge in [-0.25, -0.2) is 0 Å². The summed E-state index contributed by atoms with van der Waals surface area (Å²) in [5.74, 6) is -0.0277. The number of likely N-dealkylation sites (N-methyl/N-ethyl adjacent to an activating group) is 1. The first-order valence-corrected chi connectivity index (χ1v) is 14.1. The number of hydrogen-bond acceptors (Lipinski definition) is 4. The number of aryl methyl sites for hydroxylation is 1. The Morgan fingerprint density at radius 3 is 2.77 bits per heavy atom. The van der Waals surface area contributed by atoms with Crippen LogP contribution in [0.1, 0.15) is 73.3 Å². The van der Waals surface area contributed by atoms with Crippen LogP contribution in [0, 0.1) is 6.92 Å². The van der Waals surface area contributed by atoms with Crippen molar-refractivity contribution in [3.63, 3.8) is 0 Å². The first-order chi connectivity index (χ1) is 18.9. The number of nitrogens with one attached hydrogen (secondary N) is 2. The molecule has 5 rings (SSSR count). The van der Waals surface area contributed by atoms with Gasteiger partial charge in [-0.3, -0.25) is 4.79 Å². The summed E-state index contributed by atoms with van der Waals surface area (Å²) in [4.78, 5) is 13.5. The molecule has 6 nitrogen and oxygen atoms in total. The number of carbonyl (C=O) groups is 1. The fourth-order valence-electron chi connectivity index (χ4n) is 6.73. The molecule has 3 aromatic rings. The van der Waals surface area contributed by atoms with Crippen LogP contribution in [0.15, 0.2) is 54.6 Å². The van der Waals surface area contributed by atoms with Crippen molar-refractivity contribution in [1.82, 2.24) is 15.2 Å². The third-order valence-corrected chi connectivity index (χ3v) is 8.52. The molecule has 1 fully saturated rings. The van der Waals surface area contributed by atoms with Crippen LogP contribution in [0.25, 0.3) is 27.4 Å². The number of aromatic nitrogens is 1. The molecule has 6 heteroatoms. The van der Waals surface area contributed by atoms with Crippen molar-refractivity contribution in [1.29, 1.82) is 0 Å². The number of amides is 1. The molecule has 4 atom stereocenters. The Bertz CT molecular complexity index is 1500. The Hall–Kier alpha value is -3.19. The van der Waals surface area contributed by atoms with E-state index in [1.807, 2.05) is 26.1 Å². The van der Waals surface area contributed by atoms with E-state index in [4.69, 9.17) is 9.47 Å². The number of carbonyl (C=O) groups excluding carboxylic acids is 1. The quantitative estimate of drug-likeness (QED) is 0.325. The predicted octanol–water partition coefficient (Wildman–Crippen LogP) is 6.57. The van der Waals surface area contributed by atoms with Crippen LogP contribution in [0.2, 0.25) is 0 Å². The summed E-state index contributed by atoms with van der Waals surface area (Å²) in [5, 5.41) is 8.68. The number of benzene rings is 2. The van der Waals surface area contributed by atoms with E-state index in [-0.39, 0.29) is 30.4 Å². The number of methoxy groups -OCH3 is 1. The molecule has 1 saturated heterocycles. The van der Waals surface area contributed by atoms with Gasteiger partial charge in [0.1, 0.15) is 6.10 Å². The molecule has 0 aliphatic carbocycles. The molecule has 1 aromatic heterocycles. The summed E-state index contributed by atoms with van der Waals surface area (Å²) >= 11 is 0. The third-order valence-electron chi connectivity index (χ3n) is 8.52. The minimum Gasteiger partial charge on any atom is -0.375 e. The van der Waals surface area contributed by atoms with Crippen molar-refractivity contribution in [2.75, 3.05) is 14.2 Å². The maximum absolute atomic E-state index is 13.5. The van der Waals surface area contributed by atoms with E-state index in [0.717, 1.165) is 74.5 Å². The van der Waals surface area contributed by atoms with Gasteiger partial charge in [-0.2, -0.15) is 0 Å². The lowest BCUT2D eigenvalue weighted by atomic mass is 9.86. The Kier molecular flexibility index (Phi) is 7.81. The highest BCUT2D eigenvalue weighted by Gasteiger charge is 2.41. The second kappa shape index (κ2) is 11.1. The number of fused-ring (bicyclic) bond motifs is 5. The van der Waals surface area contributed by atoms with Crippen molar-refractivity contribution >= 4 is 33.3 Å². The lowest BCUT2D eigenvalue weighted by Crippen LogP contribution is -2.52. The Balaban J connectivity index is 1.94. The lowest BCUT2D eigenvalue weighted by Gasteiger charge is -2.42. The van der Waals surface area contributed by atoms with Gasteiger partial charge in [-0.1, -0.05) is 56.4 Å². The molecule has 0 bridgehead atoms. The normalized spacial score (nSPS) is 23.9. The van der Waals surface area contributed by atoms with Crippen LogP contribution in [0.5, 0.6) is 0 Å². The predicted molar refractivity (Wildman–Crippen MR) is 160 cm³/mol. The molecular weight excluding hydrogens is 486 g/mol. The van der Waals surface area contributed by atoms with Crippen molar-refractivity contribution in [3.8, 4) is 0 Å². The molecule has 0 radical (unpaired) electrons. The number of ether oxygens (including phenoxy) is 2. The molecule has 0 spiro atoms. The maximum atomic E-state index is 13.5. The summed E-state index contributed by atoms with van der Waals surface area (Å²) in [6.07, 6.45) is 8.55. The molecule has 39 heavy (non-hydrogen) atoms. The number of allylic oxidation sites excluding steroid dienone is 5. The second-order valence-corrected chi connectivity index (χ2v) is 10.7. The minimum atomic E-state index is -0.358. The molecule has 4 unspecified atom stereocenters. The maximum Gasteiger partial charge on any atom is 0.252 e. The Labute approximate surface area is 231 Å². The molecule has 1 amide bonds. The van der Waals surface area contributed by atoms with E-state index < -0.39 is 0 Å². The minimum absolute atomic E-state index is 0.0277. The summed E-state index contributed by atoms with van der Waals surface area (Å²) in [6.45, 7) is 13.0. The van der Waals surface area contributed by atoms with Crippen LogP contribution in [-0.2, 0) is 16.0 Å². The lowest BCUT2D eigenvalue weighted by molar-refractivity contribution is -0.174. The number of nitrogens with zero attached hydrogens (tertiary/aromatic N) is 1. The first kappa shape index (κ1) is 27.4. The van der Waals surface area contributed by atoms with Crippen LogP contribution < -0.4 is 10.6 Å². The van der Waals surface area contributed by atoms with E-state index in [2.05, 4.69) is 72.9 Å². The van der Waals surface area contributed by atoms with Gasteiger partial charge < -0.3 is 24.7 Å². The zero-order valence-corrected chi connectivity index (χ0v) is 24.1. The number of para-hydroxylation sites is 1. The van der Waals surface area contributed by atoms with Gasteiger partial charge in [-0.15, -0.1) is 0 Å². The second-order valence-electron chi connectivity index (χ2n) is 10.7. The van der Waals surface area contributed by atoms with E-state index >= 15 is 0 Å². The zero-order chi connectivity index (χ0) is 27.8. The van der Waals surface area contributed by atoms with E-state index in [0.29, 0.717) is 6.54 Å². The smallest absolute Gasteiger partial charge is 0.252 e. The molecule has 206 valence electrons. The average molecular weight is 528 g/mol. The van der Waals surface area contributed by atoms with Gasteiger partial charge in [0.05, 0.1) is 22.7 Å². The van der Waals surface area contributed by atoms with E-state index in [1.165, 1.54) is 0 Å². The highest BCUT2D eigenvalue weighted by Crippen LogP contribution is 2.46. The van der Waals surface area contributed by atoms with Crippen molar-refractivity contribution < 1.29 is 14.3 Å². The summed E-state index contributed by atoms with van der Waals surface area (Å²) < 4.78 is 15.4. The highest BCUT2D eigenvalue weighted by molar-refractivity contribution is 6.22. The van der Waals surface area contributed by atoms with Gasteiger partial charge in [0, 0.05) is 30.5 Å². The highest BCUT2D eigenvalue weighted by atomic mass is 16.6. The number of hydrogen-bond donors (Lipinski definition) is 2. The molecule has 2 aromatic carbocycles. The molecule has 2 N–H and O–H groups in total. The van der Waals surface area contributed by atoms with Crippen LogP contribution >= 0.6 is 0 Å². The van der Waals surface area contributed by atoms with Gasteiger partial charge in [0.25, 0.3) is 5.91 Å². The average Bonchev–Trinajstić information content (AvgIpc) is 3.49. The van der Waals surface area contributed by atoms with Gasteiger partial charge >= 0.3 is 0 Å². The summed E-state index contributed by atoms with van der Waals surface area (Å²) in [6, 6.07) is 8.51. The van der Waals surface area contributed by atoms with Crippen molar-refractivity contribution in [2.45, 2.75) is 78.0 Å². The van der Waals surface area contributed by atoms with Gasteiger partial charge in [0.15, 0.2) is 6.23 Å². The fraction of sp³-hybridized carbons (Fsp3) is 0.424. The van der Waals surface area contributed by atoms with Crippen LogP contribution in [-0.4, -0.2) is 42.9 Å². The molecular formula is C33H41N3O3. The molecule has 2 aliphatic rings. The first-order valence-electron chi connectivity index (χ1n) is 14.1. The summed E-state index contributed by atoms with van der Waals surface area (Å²) in [7, 11) is 3.77. The molecule has 3 heterocycles. The van der Waals surface area contributed by atoms with E-state index in [9.17, 15) is 4.79 Å². The molecule has 2 aliphatic heterocycles. The van der Waals surface area contributed by atoms with Crippen LogP contribution in [0.4, 0.5) is 0 Å². The topological polar surface area (TPSA) is 64.5 Å². The third kappa shape index (κ3) is 4.35. The monoisotopic (exact) mass is 527 g/mol. The SMILES string of the molecule is C=C/C(C)=C(\C=C/C)c1c2c(c3c4ccccc4n(C4OC(CCC)CC(NC)C4OC)c3c1C)C(=O)NC2. The van der Waals surface area contributed by atoms with E-state index in [1.54, 1.807) is 7.11 Å². The van der Waals surface area contributed by atoms with Crippen LogP contribution in [0.3, 0.4) is 0 Å². The number of rotatable bonds is 8. The zero-order valence-electron chi connectivity index (χ0n) is 24.1. The summed E-state index contributed by atoms with van der Waals surface area (Å²) in [5.41, 5.74) is 8.26. The standard InChI is InChI=1S/C33H41N3O3/c1-8-13-21-17-25(34-6)31(38-7)33(39-21)36-26-16-12-11-15-23(26)28-29-24(18-35-32(29)37)27(20(5)30(28)36)22(14-9-2)19(4)10-3/h9-12,14-16,21,25,31,33-34H,3,8,13,17-18H2,1-2,4-7H3,(H,35,37)/b14-9-,22-19+. The largest absolute Gasteiger partial charge is 0.375 e. The van der Waals surface area contributed by atoms with Crippen molar-refractivity contribution in [2.24, 2.45) is 0 Å². The fourth-order valence-corrected chi connectivity index (χ4v) is 6.73. The Morgan fingerprint density at radius 1 is 1.33 bits per heavy atom. The van der Waals surface area contributed by atoms with Gasteiger partial charge in [0.2, 0.25) is 0 Å².